The Hall–Kier alpha value is -1.84. The van der Waals surface area contributed by atoms with E-state index < -0.39 is 0 Å². The average Bonchev–Trinajstić information content (AvgIpc) is 2.82. The molecule has 0 saturated carbocycles. The predicted molar refractivity (Wildman–Crippen MR) is 69.7 cm³/mol. The summed E-state index contributed by atoms with van der Waals surface area (Å²) in [6, 6.07) is 6.15. The van der Waals surface area contributed by atoms with E-state index in [1.165, 1.54) is 5.69 Å². The highest BCUT2D eigenvalue weighted by Crippen LogP contribution is 2.15. The van der Waals surface area contributed by atoms with E-state index in [4.69, 9.17) is 0 Å². The lowest BCUT2D eigenvalue weighted by atomic mass is 10.2. The van der Waals surface area contributed by atoms with Crippen LogP contribution in [-0.2, 0) is 12.8 Å². The van der Waals surface area contributed by atoms with Crippen LogP contribution >= 0.6 is 0 Å². The first kappa shape index (κ1) is 11.6. The van der Waals surface area contributed by atoms with E-state index >= 15 is 0 Å². The minimum absolute atomic E-state index is 0.859. The van der Waals surface area contributed by atoms with Crippen LogP contribution in [0.3, 0.4) is 0 Å². The van der Waals surface area contributed by atoms with Gasteiger partial charge < -0.3 is 5.32 Å². The number of anilines is 1. The van der Waals surface area contributed by atoms with Crippen LogP contribution in [0.2, 0.25) is 0 Å². The van der Waals surface area contributed by atoms with Crippen molar-refractivity contribution in [3.8, 4) is 5.69 Å². The molecule has 90 valence electrons. The molecule has 0 aliphatic heterocycles. The fraction of sp³-hybridized carbons (Fsp3) is 0.385. The van der Waals surface area contributed by atoms with E-state index in [0.29, 0.717) is 0 Å². The molecule has 0 saturated heterocycles. The largest absolute Gasteiger partial charge is 0.373 e. The first-order valence-corrected chi connectivity index (χ1v) is 6.00. The maximum atomic E-state index is 4.61. The van der Waals surface area contributed by atoms with Crippen molar-refractivity contribution in [3.63, 3.8) is 0 Å². The average molecular weight is 230 g/mol. The standard InChI is InChI=1S/C13H18N4/c1-4-10-8-11(5-2)17(16-10)12-6-7-15-13(9-12)14-3/h6-9H,4-5H2,1-3H3,(H,14,15). The maximum Gasteiger partial charge on any atom is 0.127 e. The Morgan fingerprint density at radius 2 is 2.06 bits per heavy atom. The first-order chi connectivity index (χ1) is 8.28. The fourth-order valence-corrected chi connectivity index (χ4v) is 1.81. The molecule has 0 aliphatic carbocycles. The van der Waals surface area contributed by atoms with Crippen molar-refractivity contribution in [3.05, 3.63) is 35.8 Å². The highest BCUT2D eigenvalue weighted by molar-refractivity contribution is 5.44. The summed E-state index contributed by atoms with van der Waals surface area (Å²) >= 11 is 0. The summed E-state index contributed by atoms with van der Waals surface area (Å²) in [6.45, 7) is 4.27. The smallest absolute Gasteiger partial charge is 0.127 e. The van der Waals surface area contributed by atoms with Crippen LogP contribution in [0.5, 0.6) is 0 Å². The number of rotatable bonds is 4. The van der Waals surface area contributed by atoms with Gasteiger partial charge in [-0.25, -0.2) is 9.67 Å². The Morgan fingerprint density at radius 1 is 1.24 bits per heavy atom. The van der Waals surface area contributed by atoms with Crippen LogP contribution in [0.25, 0.3) is 5.69 Å². The van der Waals surface area contributed by atoms with Crippen molar-refractivity contribution in [2.45, 2.75) is 26.7 Å². The van der Waals surface area contributed by atoms with Gasteiger partial charge in [-0.3, -0.25) is 0 Å². The van der Waals surface area contributed by atoms with Crippen molar-refractivity contribution in [1.29, 1.82) is 0 Å². The quantitative estimate of drug-likeness (QED) is 0.877. The second kappa shape index (κ2) is 4.99. The van der Waals surface area contributed by atoms with Gasteiger partial charge in [0.05, 0.1) is 11.4 Å². The highest BCUT2D eigenvalue weighted by atomic mass is 15.3. The van der Waals surface area contributed by atoms with Gasteiger partial charge in [0.2, 0.25) is 0 Å². The lowest BCUT2D eigenvalue weighted by Gasteiger charge is -2.07. The Bertz CT molecular complexity index is 502. The van der Waals surface area contributed by atoms with Crippen LogP contribution < -0.4 is 5.32 Å². The number of aromatic nitrogens is 3. The molecule has 4 heteroatoms. The summed E-state index contributed by atoms with van der Waals surface area (Å²) < 4.78 is 2.00. The van der Waals surface area contributed by atoms with E-state index in [1.54, 1.807) is 6.20 Å². The Balaban J connectivity index is 2.47. The van der Waals surface area contributed by atoms with Gasteiger partial charge in [0.25, 0.3) is 0 Å². The lowest BCUT2D eigenvalue weighted by molar-refractivity contribution is 0.793. The Labute approximate surface area is 102 Å². The maximum absolute atomic E-state index is 4.61. The lowest BCUT2D eigenvalue weighted by Crippen LogP contribution is -2.03. The molecule has 4 nitrogen and oxygen atoms in total. The first-order valence-electron chi connectivity index (χ1n) is 6.00. The molecule has 0 spiro atoms. The van der Waals surface area contributed by atoms with E-state index in [1.807, 2.05) is 23.9 Å². The molecule has 0 aromatic carbocycles. The number of hydrogen-bond acceptors (Lipinski definition) is 3. The molecule has 17 heavy (non-hydrogen) atoms. The van der Waals surface area contributed by atoms with Crippen molar-refractivity contribution < 1.29 is 0 Å². The fourth-order valence-electron chi connectivity index (χ4n) is 1.81. The Kier molecular flexibility index (Phi) is 3.42. The molecule has 0 fully saturated rings. The number of nitrogens with zero attached hydrogens (tertiary/aromatic N) is 3. The van der Waals surface area contributed by atoms with Gasteiger partial charge in [0.15, 0.2) is 0 Å². The van der Waals surface area contributed by atoms with Crippen LogP contribution in [0.4, 0.5) is 5.82 Å². The molecule has 2 aromatic rings. The van der Waals surface area contributed by atoms with E-state index in [-0.39, 0.29) is 0 Å². The SMILES string of the molecule is CCc1cc(CC)n(-c2ccnc(NC)c2)n1. The van der Waals surface area contributed by atoms with Gasteiger partial charge in [-0.15, -0.1) is 0 Å². The molecule has 0 bridgehead atoms. The zero-order chi connectivity index (χ0) is 12.3. The van der Waals surface area contributed by atoms with E-state index in [9.17, 15) is 0 Å². The van der Waals surface area contributed by atoms with Crippen molar-refractivity contribution in [1.82, 2.24) is 14.8 Å². The normalized spacial score (nSPS) is 10.5. The molecular formula is C13H18N4. The molecule has 2 rings (SSSR count). The third kappa shape index (κ3) is 2.30. The van der Waals surface area contributed by atoms with Gasteiger partial charge in [-0.2, -0.15) is 5.10 Å². The summed E-state index contributed by atoms with van der Waals surface area (Å²) in [5.41, 5.74) is 3.42. The van der Waals surface area contributed by atoms with Crippen LogP contribution in [0.1, 0.15) is 25.2 Å². The molecule has 0 atom stereocenters. The second-order valence-electron chi connectivity index (χ2n) is 3.90. The van der Waals surface area contributed by atoms with E-state index in [0.717, 1.165) is 30.0 Å². The molecule has 0 aliphatic rings. The molecule has 2 aromatic heterocycles. The van der Waals surface area contributed by atoms with Crippen molar-refractivity contribution in [2.75, 3.05) is 12.4 Å². The number of nitrogens with one attached hydrogen (secondary N) is 1. The summed E-state index contributed by atoms with van der Waals surface area (Å²) in [6.07, 6.45) is 3.74. The molecule has 0 amide bonds. The minimum atomic E-state index is 0.859. The van der Waals surface area contributed by atoms with Gasteiger partial charge in [0.1, 0.15) is 5.82 Å². The van der Waals surface area contributed by atoms with Crippen LogP contribution in [0, 0.1) is 0 Å². The van der Waals surface area contributed by atoms with Gasteiger partial charge in [0, 0.05) is 25.0 Å². The summed E-state index contributed by atoms with van der Waals surface area (Å²) in [4.78, 5) is 4.21. The number of hydrogen-bond donors (Lipinski definition) is 1. The third-order valence-corrected chi connectivity index (χ3v) is 2.80. The predicted octanol–water partition coefficient (Wildman–Crippen LogP) is 2.43. The zero-order valence-electron chi connectivity index (χ0n) is 10.6. The topological polar surface area (TPSA) is 42.7 Å². The number of aryl methyl sites for hydroxylation is 2. The Morgan fingerprint density at radius 3 is 2.71 bits per heavy atom. The van der Waals surface area contributed by atoms with Crippen molar-refractivity contribution in [2.24, 2.45) is 0 Å². The summed E-state index contributed by atoms with van der Waals surface area (Å²) in [7, 11) is 1.87. The summed E-state index contributed by atoms with van der Waals surface area (Å²) in [5.74, 6) is 0.859. The van der Waals surface area contributed by atoms with Crippen LogP contribution in [-0.4, -0.2) is 21.8 Å². The summed E-state index contributed by atoms with van der Waals surface area (Å²) in [5, 5.41) is 7.65. The van der Waals surface area contributed by atoms with Crippen molar-refractivity contribution >= 4 is 5.82 Å². The highest BCUT2D eigenvalue weighted by Gasteiger charge is 2.07. The minimum Gasteiger partial charge on any atom is -0.373 e. The molecule has 0 radical (unpaired) electrons. The van der Waals surface area contributed by atoms with Crippen LogP contribution in [0.15, 0.2) is 24.4 Å². The molecular weight excluding hydrogens is 212 g/mol. The zero-order valence-corrected chi connectivity index (χ0v) is 10.6. The number of pyridine rings is 1. The monoisotopic (exact) mass is 230 g/mol. The van der Waals surface area contributed by atoms with E-state index in [2.05, 4.69) is 35.3 Å². The molecule has 2 heterocycles. The van der Waals surface area contributed by atoms with Gasteiger partial charge in [-0.1, -0.05) is 13.8 Å². The van der Waals surface area contributed by atoms with Gasteiger partial charge >= 0.3 is 0 Å². The molecule has 0 unspecified atom stereocenters. The molecule has 1 N–H and O–H groups in total. The van der Waals surface area contributed by atoms with Gasteiger partial charge in [-0.05, 0) is 25.0 Å². The second-order valence-corrected chi connectivity index (χ2v) is 3.90. The third-order valence-electron chi connectivity index (χ3n) is 2.80.